The maximum absolute atomic E-state index is 12.5. The molecule has 0 radical (unpaired) electrons. The van der Waals surface area contributed by atoms with Gasteiger partial charge < -0.3 is 14.6 Å². The number of carbonyl (C=O) groups excluding carboxylic acids is 2. The summed E-state index contributed by atoms with van der Waals surface area (Å²) in [6, 6.07) is 0. The minimum Gasteiger partial charge on any atom is -0.462 e. The van der Waals surface area contributed by atoms with Crippen molar-refractivity contribution in [3.05, 3.63) is 23.8 Å². The van der Waals surface area contributed by atoms with Gasteiger partial charge in [-0.15, -0.1) is 0 Å². The zero-order valence-corrected chi connectivity index (χ0v) is 18.2. The highest BCUT2D eigenvalue weighted by molar-refractivity contribution is 5.72. The quantitative estimate of drug-likeness (QED) is 0.672. The third-order valence-electron chi connectivity index (χ3n) is 6.93. The number of cyclic esters (lactones) is 1. The molecule has 2 aliphatic carbocycles. The standard InChI is InChI=1S/C24H36O5/c1-5-15(3)24(27)29-21-11-14(2)10-17-7-6-16(4)20(23(17)21)9-8-19-12-18(25)13-22(26)28-19/h6-7,10,14-16,18-21,23,25H,5,8-9,11-13H2,1-4H3/t14-,15-,16-,18+,19+,20-,21+,23-/m0/s1. The van der Waals surface area contributed by atoms with Crippen molar-refractivity contribution in [2.24, 2.45) is 29.6 Å². The summed E-state index contributed by atoms with van der Waals surface area (Å²) < 4.78 is 11.5. The Bertz CT molecular complexity index is 666. The third kappa shape index (κ3) is 5.30. The van der Waals surface area contributed by atoms with Crippen LogP contribution in [-0.2, 0) is 19.1 Å². The molecule has 1 heterocycles. The van der Waals surface area contributed by atoms with Crippen molar-refractivity contribution in [1.82, 2.24) is 0 Å². The van der Waals surface area contributed by atoms with E-state index in [1.807, 2.05) is 13.8 Å². The fourth-order valence-corrected chi connectivity index (χ4v) is 5.07. The molecule has 0 bridgehead atoms. The van der Waals surface area contributed by atoms with Crippen molar-refractivity contribution in [3.8, 4) is 0 Å². The first kappa shape index (κ1) is 22.1. The molecule has 0 spiro atoms. The van der Waals surface area contributed by atoms with Crippen molar-refractivity contribution >= 4 is 11.9 Å². The molecule has 8 atom stereocenters. The molecule has 5 nitrogen and oxygen atoms in total. The molecule has 0 aromatic rings. The van der Waals surface area contributed by atoms with Crippen molar-refractivity contribution in [2.75, 3.05) is 0 Å². The smallest absolute Gasteiger partial charge is 0.308 e. The average Bonchev–Trinajstić information content (AvgIpc) is 2.65. The van der Waals surface area contributed by atoms with E-state index in [-0.39, 0.29) is 42.4 Å². The van der Waals surface area contributed by atoms with Crippen LogP contribution in [0.4, 0.5) is 0 Å². The molecule has 162 valence electrons. The molecule has 3 aliphatic rings. The molecular formula is C24H36O5. The lowest BCUT2D eigenvalue weighted by Gasteiger charge is -2.43. The van der Waals surface area contributed by atoms with Gasteiger partial charge in [0.1, 0.15) is 12.2 Å². The maximum atomic E-state index is 12.5. The molecule has 1 saturated heterocycles. The van der Waals surface area contributed by atoms with Crippen molar-refractivity contribution < 1.29 is 24.2 Å². The Morgan fingerprint density at radius 1 is 1.31 bits per heavy atom. The first-order valence-electron chi connectivity index (χ1n) is 11.3. The Morgan fingerprint density at radius 2 is 2.07 bits per heavy atom. The van der Waals surface area contributed by atoms with Gasteiger partial charge >= 0.3 is 11.9 Å². The maximum Gasteiger partial charge on any atom is 0.308 e. The molecule has 0 saturated carbocycles. The zero-order chi connectivity index (χ0) is 21.1. The number of ether oxygens (including phenoxy) is 2. The van der Waals surface area contributed by atoms with Crippen LogP contribution in [0.1, 0.15) is 66.2 Å². The van der Waals surface area contributed by atoms with E-state index in [2.05, 4.69) is 32.1 Å². The SMILES string of the molecule is CC[C@H](C)C(=O)O[C@@H]1C[C@@H](C)C=C2C=C[C@H](C)[C@H](CC[C@@H]3C[C@@H](O)CC(=O)O3)[C@H]21. The number of fused-ring (bicyclic) bond motifs is 1. The summed E-state index contributed by atoms with van der Waals surface area (Å²) >= 11 is 0. The van der Waals surface area contributed by atoms with E-state index in [0.717, 1.165) is 25.7 Å². The Kier molecular flexibility index (Phi) is 7.20. The minimum absolute atomic E-state index is 0.0854. The van der Waals surface area contributed by atoms with E-state index in [1.54, 1.807) is 0 Å². The van der Waals surface area contributed by atoms with E-state index in [9.17, 15) is 14.7 Å². The van der Waals surface area contributed by atoms with Crippen LogP contribution in [-0.4, -0.2) is 35.4 Å². The Labute approximate surface area is 174 Å². The normalized spacial score (nSPS) is 37.9. The molecule has 0 unspecified atom stereocenters. The Balaban J connectivity index is 1.74. The molecule has 0 amide bonds. The molecular weight excluding hydrogens is 368 g/mol. The van der Waals surface area contributed by atoms with Crippen LogP contribution < -0.4 is 0 Å². The zero-order valence-electron chi connectivity index (χ0n) is 18.2. The van der Waals surface area contributed by atoms with Gasteiger partial charge in [-0.3, -0.25) is 9.59 Å². The summed E-state index contributed by atoms with van der Waals surface area (Å²) in [5, 5.41) is 9.89. The largest absolute Gasteiger partial charge is 0.462 e. The monoisotopic (exact) mass is 404 g/mol. The lowest BCUT2D eigenvalue weighted by Crippen LogP contribution is -2.42. The highest BCUT2D eigenvalue weighted by atomic mass is 16.5. The fourth-order valence-electron chi connectivity index (χ4n) is 5.07. The molecule has 1 fully saturated rings. The lowest BCUT2D eigenvalue weighted by molar-refractivity contribution is -0.162. The van der Waals surface area contributed by atoms with Gasteiger partial charge in [0.15, 0.2) is 0 Å². The van der Waals surface area contributed by atoms with Gasteiger partial charge in [0.25, 0.3) is 0 Å². The highest BCUT2D eigenvalue weighted by Gasteiger charge is 2.42. The molecule has 0 aromatic heterocycles. The Morgan fingerprint density at radius 3 is 2.76 bits per heavy atom. The number of aliphatic hydroxyl groups excluding tert-OH is 1. The van der Waals surface area contributed by atoms with E-state index in [1.165, 1.54) is 5.57 Å². The second-order valence-electron chi connectivity index (χ2n) is 9.36. The first-order valence-corrected chi connectivity index (χ1v) is 11.3. The van der Waals surface area contributed by atoms with Crippen LogP contribution in [0.5, 0.6) is 0 Å². The predicted molar refractivity (Wildman–Crippen MR) is 111 cm³/mol. The van der Waals surface area contributed by atoms with Crippen molar-refractivity contribution in [1.29, 1.82) is 0 Å². The van der Waals surface area contributed by atoms with Crippen LogP contribution in [0.2, 0.25) is 0 Å². The number of esters is 2. The number of hydrogen-bond acceptors (Lipinski definition) is 5. The van der Waals surface area contributed by atoms with Crippen LogP contribution in [0, 0.1) is 29.6 Å². The second-order valence-corrected chi connectivity index (χ2v) is 9.36. The summed E-state index contributed by atoms with van der Waals surface area (Å²) in [6.45, 7) is 8.33. The number of hydrogen-bond donors (Lipinski definition) is 1. The summed E-state index contributed by atoms with van der Waals surface area (Å²) in [7, 11) is 0. The number of rotatable bonds is 6. The van der Waals surface area contributed by atoms with Gasteiger partial charge in [-0.05, 0) is 49.0 Å². The molecule has 1 aliphatic heterocycles. The Hall–Kier alpha value is -1.62. The number of aliphatic hydroxyl groups is 1. The van der Waals surface area contributed by atoms with Gasteiger partial charge in [-0.2, -0.15) is 0 Å². The van der Waals surface area contributed by atoms with Crippen LogP contribution >= 0.6 is 0 Å². The highest BCUT2D eigenvalue weighted by Crippen LogP contribution is 2.45. The minimum atomic E-state index is -0.597. The summed E-state index contributed by atoms with van der Waals surface area (Å²) in [5.74, 6) is 0.755. The van der Waals surface area contributed by atoms with Crippen LogP contribution in [0.15, 0.2) is 23.8 Å². The molecule has 0 aromatic carbocycles. The van der Waals surface area contributed by atoms with Crippen molar-refractivity contribution in [2.45, 2.75) is 84.5 Å². The van der Waals surface area contributed by atoms with E-state index < -0.39 is 6.10 Å². The molecule has 3 rings (SSSR count). The van der Waals surface area contributed by atoms with E-state index in [0.29, 0.717) is 24.2 Å². The lowest BCUT2D eigenvalue weighted by atomic mass is 9.65. The average molecular weight is 405 g/mol. The number of carbonyl (C=O) groups is 2. The van der Waals surface area contributed by atoms with Crippen molar-refractivity contribution in [3.63, 3.8) is 0 Å². The summed E-state index contributed by atoms with van der Waals surface area (Å²) in [4.78, 5) is 24.2. The molecule has 1 N–H and O–H groups in total. The second kappa shape index (κ2) is 9.46. The summed E-state index contributed by atoms with van der Waals surface area (Å²) in [6.07, 6.45) is 9.70. The predicted octanol–water partition coefficient (Wildman–Crippen LogP) is 4.20. The van der Waals surface area contributed by atoms with Crippen LogP contribution in [0.25, 0.3) is 0 Å². The molecule has 29 heavy (non-hydrogen) atoms. The third-order valence-corrected chi connectivity index (χ3v) is 6.93. The first-order chi connectivity index (χ1) is 13.8. The van der Waals surface area contributed by atoms with Gasteiger partial charge in [0.2, 0.25) is 0 Å². The van der Waals surface area contributed by atoms with E-state index >= 15 is 0 Å². The number of allylic oxidation sites excluding steroid dienone is 3. The molecule has 5 heteroatoms. The van der Waals surface area contributed by atoms with Gasteiger partial charge in [-0.25, -0.2) is 0 Å². The van der Waals surface area contributed by atoms with Gasteiger partial charge in [0.05, 0.1) is 18.4 Å². The van der Waals surface area contributed by atoms with Crippen LogP contribution in [0.3, 0.4) is 0 Å². The fraction of sp³-hybridized carbons (Fsp3) is 0.750. The topological polar surface area (TPSA) is 72.8 Å². The summed E-state index contributed by atoms with van der Waals surface area (Å²) in [5.41, 5.74) is 1.27. The van der Waals surface area contributed by atoms with E-state index in [4.69, 9.17) is 9.47 Å². The van der Waals surface area contributed by atoms with Gasteiger partial charge in [0, 0.05) is 12.3 Å². The van der Waals surface area contributed by atoms with Gasteiger partial charge in [-0.1, -0.05) is 45.9 Å².